The molecule has 0 amide bonds. The van der Waals surface area contributed by atoms with Crippen molar-refractivity contribution < 1.29 is 0 Å². The summed E-state index contributed by atoms with van der Waals surface area (Å²) >= 11 is 0. The fourth-order valence-electron chi connectivity index (χ4n) is 5.41. The first-order valence-electron chi connectivity index (χ1n) is 7.25. The van der Waals surface area contributed by atoms with Crippen molar-refractivity contribution in [3.8, 4) is 0 Å². The first-order chi connectivity index (χ1) is 7.92. The summed E-state index contributed by atoms with van der Waals surface area (Å²) in [6.45, 7) is 7.37. The molecule has 96 valence electrons. The monoisotopic (exact) mass is 232 g/mol. The second kappa shape index (κ2) is 3.30. The Balaban J connectivity index is 2.05. The van der Waals surface area contributed by atoms with Crippen LogP contribution in [0.4, 0.5) is 0 Å². The molecule has 0 aromatic rings. The molecular formula is C16H26N-. The first-order valence-corrected chi connectivity index (χ1v) is 7.25. The molecule has 0 heterocycles. The van der Waals surface area contributed by atoms with E-state index in [0.717, 1.165) is 5.92 Å². The van der Waals surface area contributed by atoms with Crippen LogP contribution in [0.5, 0.6) is 0 Å². The van der Waals surface area contributed by atoms with Crippen molar-refractivity contribution >= 4 is 0 Å². The second-order valence-electron chi connectivity index (χ2n) is 7.66. The number of allylic oxidation sites excluding steroid dienone is 2. The van der Waals surface area contributed by atoms with Gasteiger partial charge in [0.05, 0.1) is 0 Å². The average Bonchev–Trinajstić information content (AvgIpc) is 2.44. The van der Waals surface area contributed by atoms with E-state index in [1.54, 1.807) is 0 Å². The van der Waals surface area contributed by atoms with Crippen molar-refractivity contribution in [3.63, 3.8) is 0 Å². The Labute approximate surface area is 106 Å². The van der Waals surface area contributed by atoms with Crippen molar-refractivity contribution in [2.24, 2.45) is 22.2 Å². The summed E-state index contributed by atoms with van der Waals surface area (Å²) in [5.41, 5.74) is 2.87. The fraction of sp³-hybridized carbons (Fsp3) is 0.875. The summed E-state index contributed by atoms with van der Waals surface area (Å²) in [5.74, 6) is 0.849. The van der Waals surface area contributed by atoms with Gasteiger partial charge in [0.2, 0.25) is 0 Å². The lowest BCUT2D eigenvalue weighted by Crippen LogP contribution is -2.46. The number of hydrogen-bond donors (Lipinski definition) is 0. The lowest BCUT2D eigenvalue weighted by atomic mass is 9.49. The van der Waals surface area contributed by atoms with Crippen molar-refractivity contribution in [2.75, 3.05) is 7.05 Å². The normalized spacial score (nSPS) is 47.3. The molecule has 0 saturated heterocycles. The van der Waals surface area contributed by atoms with Crippen LogP contribution in [0.2, 0.25) is 0 Å². The minimum absolute atomic E-state index is 0.369. The third-order valence-electron chi connectivity index (χ3n) is 6.01. The van der Waals surface area contributed by atoms with E-state index in [2.05, 4.69) is 32.2 Å². The maximum Gasteiger partial charge on any atom is -0.0150 e. The van der Waals surface area contributed by atoms with Gasteiger partial charge in [-0.3, -0.25) is 0 Å². The van der Waals surface area contributed by atoms with Crippen LogP contribution in [-0.2, 0) is 0 Å². The van der Waals surface area contributed by atoms with E-state index in [9.17, 15) is 0 Å². The van der Waals surface area contributed by atoms with Crippen LogP contribution >= 0.6 is 0 Å². The van der Waals surface area contributed by atoms with Gasteiger partial charge in [0.25, 0.3) is 0 Å². The number of nitrogens with zero attached hydrogens (tertiary/aromatic N) is 1. The van der Waals surface area contributed by atoms with Gasteiger partial charge in [0.1, 0.15) is 0 Å². The standard InChI is InChI=1S/C16H26N/c1-14(2)10-13(17-4)16-8-5-7-15(3,11-16)9-6-12(14)16/h10,12H,5-9,11H2,1-4H3/q-1. The molecule has 3 aliphatic carbocycles. The topological polar surface area (TPSA) is 14.1 Å². The van der Waals surface area contributed by atoms with Crippen molar-refractivity contribution in [3.05, 3.63) is 17.1 Å². The Morgan fingerprint density at radius 2 is 1.94 bits per heavy atom. The molecule has 3 aliphatic rings. The van der Waals surface area contributed by atoms with Gasteiger partial charge in [-0.25, -0.2) is 0 Å². The molecule has 0 aromatic carbocycles. The molecule has 0 aliphatic heterocycles. The summed E-state index contributed by atoms with van der Waals surface area (Å²) in [4.78, 5) is 0. The Bertz CT molecular complexity index is 368. The Morgan fingerprint density at radius 1 is 1.18 bits per heavy atom. The molecule has 3 atom stereocenters. The zero-order chi connectivity index (χ0) is 12.3. The summed E-state index contributed by atoms with van der Waals surface area (Å²) in [5, 5.41) is 4.67. The summed E-state index contributed by atoms with van der Waals surface area (Å²) < 4.78 is 0. The predicted molar refractivity (Wildman–Crippen MR) is 72.9 cm³/mol. The van der Waals surface area contributed by atoms with E-state index in [4.69, 9.17) is 0 Å². The predicted octanol–water partition coefficient (Wildman–Crippen LogP) is 4.89. The zero-order valence-corrected chi connectivity index (χ0v) is 11.8. The fourth-order valence-corrected chi connectivity index (χ4v) is 5.41. The van der Waals surface area contributed by atoms with Crippen molar-refractivity contribution in [1.29, 1.82) is 0 Å². The van der Waals surface area contributed by atoms with E-state index in [-0.39, 0.29) is 0 Å². The van der Waals surface area contributed by atoms with Crippen LogP contribution in [0, 0.1) is 22.2 Å². The van der Waals surface area contributed by atoms with Gasteiger partial charge in [-0.2, -0.15) is 5.70 Å². The van der Waals surface area contributed by atoms with Crippen molar-refractivity contribution in [1.82, 2.24) is 0 Å². The van der Waals surface area contributed by atoms with Crippen LogP contribution in [0.15, 0.2) is 11.8 Å². The van der Waals surface area contributed by atoms with Crippen LogP contribution in [0.3, 0.4) is 0 Å². The SMILES string of the molecule is C[N-]C1=CC(C)(C)C2CCC3(C)CCCC12C3. The largest absolute Gasteiger partial charge is 0.690 e. The number of fused-ring (bicyclic) bond motifs is 1. The lowest BCUT2D eigenvalue weighted by Gasteiger charge is -2.58. The molecule has 0 radical (unpaired) electrons. The van der Waals surface area contributed by atoms with E-state index in [1.807, 2.05) is 7.05 Å². The van der Waals surface area contributed by atoms with Gasteiger partial charge in [-0.15, -0.1) is 7.05 Å². The molecule has 2 bridgehead atoms. The summed E-state index contributed by atoms with van der Waals surface area (Å²) in [6, 6.07) is 0. The van der Waals surface area contributed by atoms with E-state index in [0.29, 0.717) is 16.2 Å². The van der Waals surface area contributed by atoms with Crippen molar-refractivity contribution in [2.45, 2.75) is 59.3 Å². The quantitative estimate of drug-likeness (QED) is 0.611. The maximum atomic E-state index is 4.67. The second-order valence-corrected chi connectivity index (χ2v) is 7.66. The van der Waals surface area contributed by atoms with E-state index in [1.165, 1.54) is 44.2 Å². The minimum Gasteiger partial charge on any atom is -0.690 e. The Kier molecular flexibility index (Phi) is 2.26. The summed E-state index contributed by atoms with van der Waals surface area (Å²) in [7, 11) is 2.00. The highest BCUT2D eigenvalue weighted by atomic mass is 14.9. The molecular weight excluding hydrogens is 206 g/mol. The summed E-state index contributed by atoms with van der Waals surface area (Å²) in [6.07, 6.45) is 11.0. The molecule has 2 fully saturated rings. The molecule has 1 heteroatoms. The zero-order valence-electron chi connectivity index (χ0n) is 11.8. The third kappa shape index (κ3) is 1.44. The molecule has 3 rings (SSSR count). The van der Waals surface area contributed by atoms with Crippen LogP contribution in [0.1, 0.15) is 59.3 Å². The van der Waals surface area contributed by atoms with E-state index < -0.39 is 0 Å². The average molecular weight is 232 g/mol. The first kappa shape index (κ1) is 11.6. The minimum atomic E-state index is 0.369. The third-order valence-corrected chi connectivity index (χ3v) is 6.01. The highest BCUT2D eigenvalue weighted by molar-refractivity contribution is 5.37. The van der Waals surface area contributed by atoms with Crippen LogP contribution in [0.25, 0.3) is 5.32 Å². The molecule has 1 nitrogen and oxygen atoms in total. The maximum absolute atomic E-state index is 4.67. The highest BCUT2D eigenvalue weighted by Gasteiger charge is 2.56. The Morgan fingerprint density at radius 3 is 2.65 bits per heavy atom. The van der Waals surface area contributed by atoms with Gasteiger partial charge in [-0.05, 0) is 54.3 Å². The van der Waals surface area contributed by atoms with Gasteiger partial charge < -0.3 is 5.32 Å². The van der Waals surface area contributed by atoms with Gasteiger partial charge in [0, 0.05) is 0 Å². The van der Waals surface area contributed by atoms with Crippen LogP contribution < -0.4 is 0 Å². The number of hydrogen-bond acceptors (Lipinski definition) is 0. The van der Waals surface area contributed by atoms with Gasteiger partial charge >= 0.3 is 0 Å². The smallest absolute Gasteiger partial charge is 0.0150 e. The van der Waals surface area contributed by atoms with Crippen LogP contribution in [-0.4, -0.2) is 7.05 Å². The molecule has 17 heavy (non-hydrogen) atoms. The molecule has 0 aromatic heterocycles. The molecule has 2 saturated carbocycles. The van der Waals surface area contributed by atoms with Gasteiger partial charge in [-0.1, -0.05) is 33.3 Å². The van der Waals surface area contributed by atoms with Gasteiger partial charge in [0.15, 0.2) is 0 Å². The highest BCUT2D eigenvalue weighted by Crippen LogP contribution is 2.69. The Hall–Kier alpha value is -0.460. The molecule has 0 N–H and O–H groups in total. The number of rotatable bonds is 1. The lowest BCUT2D eigenvalue weighted by molar-refractivity contribution is -0.0317. The molecule has 3 unspecified atom stereocenters. The molecule has 1 spiro atoms. The van der Waals surface area contributed by atoms with E-state index >= 15 is 0 Å².